The van der Waals surface area contributed by atoms with Crippen molar-refractivity contribution in [3.05, 3.63) is 17.7 Å². The van der Waals surface area contributed by atoms with Gasteiger partial charge in [-0.1, -0.05) is 0 Å². The van der Waals surface area contributed by atoms with Crippen molar-refractivity contribution in [1.29, 1.82) is 0 Å². The standard InChI is InChI=1S/C14H16O12/c15-3-7(18)9(20)10(21)11(22)12(13(23)24)26-14(25)4-1-5(16)8(19)6(17)2-4/h1-2,9-12,15-17,19-22H,3H2,(H,23,24)/t9-,10+,11+,12-/m1/s1. The van der Waals surface area contributed by atoms with Gasteiger partial charge >= 0.3 is 11.9 Å². The number of rotatable bonds is 8. The fourth-order valence-corrected chi connectivity index (χ4v) is 1.82. The van der Waals surface area contributed by atoms with Crippen molar-refractivity contribution in [2.45, 2.75) is 24.4 Å². The third-order valence-corrected chi connectivity index (χ3v) is 3.25. The topological polar surface area (TPSA) is 222 Å². The number of carbonyl (C=O) groups is 3. The van der Waals surface area contributed by atoms with Gasteiger partial charge in [-0.05, 0) is 12.1 Å². The SMILES string of the molecule is O=C(O[C@@H](C(=O)O)[C@@H](O)[C@@H](O)[C@H](O)C(=O)CO)c1cc(O)c(O)c(O)c1. The molecule has 4 atom stereocenters. The molecular weight excluding hydrogens is 360 g/mol. The average molecular weight is 376 g/mol. The molecule has 0 saturated carbocycles. The van der Waals surface area contributed by atoms with Crippen LogP contribution in [-0.4, -0.2) is 89.6 Å². The maximum absolute atomic E-state index is 11.9. The molecule has 0 unspecified atom stereocenters. The number of phenols is 3. The first kappa shape index (κ1) is 21.1. The lowest BCUT2D eigenvalue weighted by atomic mass is 10.00. The monoisotopic (exact) mass is 376 g/mol. The van der Waals surface area contributed by atoms with Crippen LogP contribution in [0.15, 0.2) is 12.1 Å². The fourth-order valence-electron chi connectivity index (χ4n) is 1.82. The summed E-state index contributed by atoms with van der Waals surface area (Å²) in [6.45, 7) is -1.20. The number of aliphatic carboxylic acids is 1. The Labute approximate surface area is 144 Å². The quantitative estimate of drug-likeness (QED) is 0.168. The van der Waals surface area contributed by atoms with Crippen LogP contribution in [0.25, 0.3) is 0 Å². The van der Waals surface area contributed by atoms with Crippen LogP contribution in [-0.2, 0) is 14.3 Å². The second-order valence-corrected chi connectivity index (χ2v) is 5.08. The summed E-state index contributed by atoms with van der Waals surface area (Å²) in [5.74, 6) is -7.56. The molecule has 0 saturated heterocycles. The number of carboxylic acid groups (broad SMARTS) is 1. The Kier molecular flexibility index (Phi) is 6.85. The Morgan fingerprint density at radius 2 is 1.46 bits per heavy atom. The van der Waals surface area contributed by atoms with Gasteiger partial charge in [0, 0.05) is 0 Å². The minimum Gasteiger partial charge on any atom is -0.504 e. The van der Waals surface area contributed by atoms with E-state index in [0.29, 0.717) is 12.1 Å². The summed E-state index contributed by atoms with van der Waals surface area (Å²) in [4.78, 5) is 34.2. The number of carboxylic acids is 1. The zero-order valence-corrected chi connectivity index (χ0v) is 12.9. The number of Topliss-reactive ketones (excluding diaryl/α,β-unsaturated/α-hetero) is 1. The molecule has 0 aliphatic rings. The van der Waals surface area contributed by atoms with Gasteiger partial charge in [0.05, 0.1) is 5.56 Å². The van der Waals surface area contributed by atoms with Crippen molar-refractivity contribution >= 4 is 17.7 Å². The maximum atomic E-state index is 11.9. The van der Waals surface area contributed by atoms with Crippen LogP contribution in [0.5, 0.6) is 17.2 Å². The molecule has 1 aromatic rings. The third-order valence-electron chi connectivity index (χ3n) is 3.25. The first-order chi connectivity index (χ1) is 12.0. The smallest absolute Gasteiger partial charge is 0.347 e. The molecule has 1 aromatic carbocycles. The lowest BCUT2D eigenvalue weighted by Crippen LogP contribution is -2.52. The minimum absolute atomic E-state index is 0.613. The van der Waals surface area contributed by atoms with Crippen LogP contribution in [0.1, 0.15) is 10.4 Å². The normalized spacial score (nSPS) is 15.5. The van der Waals surface area contributed by atoms with E-state index in [4.69, 9.17) is 10.2 Å². The number of aromatic hydroxyl groups is 3. The molecule has 0 aliphatic heterocycles. The largest absolute Gasteiger partial charge is 0.504 e. The van der Waals surface area contributed by atoms with Gasteiger partial charge in [-0.25, -0.2) is 9.59 Å². The van der Waals surface area contributed by atoms with Crippen molar-refractivity contribution in [3.8, 4) is 17.2 Å². The van der Waals surface area contributed by atoms with E-state index in [9.17, 15) is 45.0 Å². The third kappa shape index (κ3) is 4.58. The first-order valence-electron chi connectivity index (χ1n) is 6.87. The number of aliphatic hydroxyl groups excluding tert-OH is 4. The number of hydrogen-bond donors (Lipinski definition) is 8. The Balaban J connectivity index is 3.03. The summed E-state index contributed by atoms with van der Waals surface area (Å²) in [5, 5.41) is 74.2. The maximum Gasteiger partial charge on any atom is 0.347 e. The number of benzene rings is 1. The molecule has 0 spiro atoms. The summed E-state index contributed by atoms with van der Waals surface area (Å²) >= 11 is 0. The van der Waals surface area contributed by atoms with Gasteiger partial charge in [0.15, 0.2) is 23.0 Å². The average Bonchev–Trinajstić information content (AvgIpc) is 2.60. The highest BCUT2D eigenvalue weighted by molar-refractivity contribution is 5.93. The molecule has 0 aliphatic carbocycles. The predicted molar refractivity (Wildman–Crippen MR) is 78.4 cm³/mol. The van der Waals surface area contributed by atoms with E-state index >= 15 is 0 Å². The van der Waals surface area contributed by atoms with E-state index in [1.54, 1.807) is 0 Å². The van der Waals surface area contributed by atoms with Gasteiger partial charge in [0.1, 0.15) is 24.9 Å². The fraction of sp³-hybridized carbons (Fsp3) is 0.357. The van der Waals surface area contributed by atoms with Crippen LogP contribution in [0, 0.1) is 0 Å². The van der Waals surface area contributed by atoms with Crippen molar-refractivity contribution in [1.82, 2.24) is 0 Å². The molecule has 12 heteroatoms. The molecule has 0 aromatic heterocycles. The predicted octanol–water partition coefficient (Wildman–Crippen LogP) is -2.94. The molecule has 12 nitrogen and oxygen atoms in total. The molecule has 0 radical (unpaired) electrons. The van der Waals surface area contributed by atoms with Gasteiger partial charge in [-0.2, -0.15) is 0 Å². The van der Waals surface area contributed by atoms with Gasteiger partial charge in [-0.15, -0.1) is 0 Å². The van der Waals surface area contributed by atoms with Crippen LogP contribution in [0.2, 0.25) is 0 Å². The van der Waals surface area contributed by atoms with Crippen LogP contribution in [0.4, 0.5) is 0 Å². The summed E-state index contributed by atoms with van der Waals surface area (Å²) in [6.07, 6.45) is -9.69. The molecule has 0 amide bonds. The number of ether oxygens (including phenoxy) is 1. The first-order valence-corrected chi connectivity index (χ1v) is 6.87. The molecule has 0 bridgehead atoms. The molecular formula is C14H16O12. The molecule has 8 N–H and O–H groups in total. The lowest BCUT2D eigenvalue weighted by Gasteiger charge is -2.26. The number of hydrogen-bond acceptors (Lipinski definition) is 11. The highest BCUT2D eigenvalue weighted by Crippen LogP contribution is 2.35. The Bertz CT molecular complexity index is 676. The number of phenolic OH excluding ortho intramolecular Hbond substituents is 3. The summed E-state index contributed by atoms with van der Waals surface area (Å²) in [5.41, 5.74) is -0.613. The molecule has 144 valence electrons. The lowest BCUT2D eigenvalue weighted by molar-refractivity contribution is -0.167. The van der Waals surface area contributed by atoms with Crippen LogP contribution < -0.4 is 0 Å². The van der Waals surface area contributed by atoms with Gasteiger partial charge in [0.25, 0.3) is 0 Å². The number of ketones is 1. The van der Waals surface area contributed by atoms with Gasteiger partial charge in [0.2, 0.25) is 6.10 Å². The zero-order valence-electron chi connectivity index (χ0n) is 12.9. The minimum atomic E-state index is -2.47. The van der Waals surface area contributed by atoms with Crippen molar-refractivity contribution in [2.75, 3.05) is 6.61 Å². The summed E-state index contributed by atoms with van der Waals surface area (Å²) in [6, 6.07) is 1.26. The molecule has 0 heterocycles. The highest BCUT2D eigenvalue weighted by atomic mass is 16.6. The summed E-state index contributed by atoms with van der Waals surface area (Å²) in [7, 11) is 0. The second kappa shape index (κ2) is 8.44. The van der Waals surface area contributed by atoms with Crippen molar-refractivity contribution in [3.63, 3.8) is 0 Å². The van der Waals surface area contributed by atoms with E-state index in [1.165, 1.54) is 0 Å². The highest BCUT2D eigenvalue weighted by Gasteiger charge is 2.40. The Hall–Kier alpha value is -2.93. The number of carbonyl (C=O) groups excluding carboxylic acids is 2. The summed E-state index contributed by atoms with van der Waals surface area (Å²) < 4.78 is 4.46. The van der Waals surface area contributed by atoms with E-state index < -0.39 is 71.6 Å². The Morgan fingerprint density at radius 3 is 1.88 bits per heavy atom. The van der Waals surface area contributed by atoms with Crippen molar-refractivity contribution in [2.24, 2.45) is 0 Å². The van der Waals surface area contributed by atoms with E-state index in [-0.39, 0.29) is 0 Å². The zero-order chi connectivity index (χ0) is 20.2. The second-order valence-electron chi connectivity index (χ2n) is 5.08. The van der Waals surface area contributed by atoms with Gasteiger partial charge < -0.3 is 45.6 Å². The molecule has 1 rings (SSSR count). The molecule has 0 fully saturated rings. The van der Waals surface area contributed by atoms with Gasteiger partial charge in [-0.3, -0.25) is 4.79 Å². The van der Waals surface area contributed by atoms with E-state index in [0.717, 1.165) is 0 Å². The Morgan fingerprint density at radius 1 is 0.962 bits per heavy atom. The van der Waals surface area contributed by atoms with Crippen LogP contribution >= 0.6 is 0 Å². The number of aliphatic hydroxyl groups is 4. The molecule has 26 heavy (non-hydrogen) atoms. The van der Waals surface area contributed by atoms with E-state index in [2.05, 4.69) is 4.74 Å². The van der Waals surface area contributed by atoms with Crippen LogP contribution in [0.3, 0.4) is 0 Å². The number of esters is 1. The van der Waals surface area contributed by atoms with Crippen molar-refractivity contribution < 1.29 is 60.0 Å². The van der Waals surface area contributed by atoms with E-state index in [1.807, 2.05) is 0 Å².